The molecule has 0 saturated heterocycles. The summed E-state index contributed by atoms with van der Waals surface area (Å²) in [5.74, 6) is -0.969. The van der Waals surface area contributed by atoms with Gasteiger partial charge < -0.3 is 10.4 Å². The first-order valence-electron chi connectivity index (χ1n) is 8.46. The van der Waals surface area contributed by atoms with E-state index in [0.717, 1.165) is 9.35 Å². The minimum absolute atomic E-state index is 0.0259. The molecule has 0 radical (unpaired) electrons. The van der Waals surface area contributed by atoms with Gasteiger partial charge in [-0.05, 0) is 47.9 Å². The van der Waals surface area contributed by atoms with Crippen molar-refractivity contribution in [1.82, 2.24) is 10.7 Å². The number of hydrogen-bond acceptors (Lipinski definition) is 5. The van der Waals surface area contributed by atoms with Gasteiger partial charge in [0, 0.05) is 20.5 Å². The van der Waals surface area contributed by atoms with Gasteiger partial charge in [0.25, 0.3) is 11.8 Å². The monoisotopic (exact) mass is 469 g/mol. The summed E-state index contributed by atoms with van der Waals surface area (Å²) < 4.78 is 0.761. The third-order valence-corrected chi connectivity index (χ3v) is 5.03. The molecule has 0 aliphatic rings. The van der Waals surface area contributed by atoms with Gasteiger partial charge in [-0.15, -0.1) is 11.3 Å². The minimum atomic E-state index is -0.589. The number of phenolic OH excluding ortho intramolecular Hbond substituents is 1. The van der Waals surface area contributed by atoms with E-state index >= 15 is 0 Å². The molecular formula is C21H16BrN3O3S. The maximum absolute atomic E-state index is 12.6. The molecule has 0 atom stereocenters. The first kappa shape index (κ1) is 20.5. The molecule has 8 heteroatoms. The Hall–Kier alpha value is -3.23. The highest BCUT2D eigenvalue weighted by molar-refractivity contribution is 9.10. The van der Waals surface area contributed by atoms with Gasteiger partial charge in [-0.1, -0.05) is 40.2 Å². The summed E-state index contributed by atoms with van der Waals surface area (Å²) in [5.41, 5.74) is 3.28. The van der Waals surface area contributed by atoms with Crippen molar-refractivity contribution in [2.75, 3.05) is 0 Å². The second-order valence-electron chi connectivity index (χ2n) is 5.80. The van der Waals surface area contributed by atoms with E-state index < -0.39 is 11.8 Å². The molecule has 0 bridgehead atoms. The Bertz CT molecular complexity index is 1060. The highest BCUT2D eigenvalue weighted by Crippen LogP contribution is 2.20. The summed E-state index contributed by atoms with van der Waals surface area (Å²) in [6.07, 6.45) is 2.90. The molecule has 1 heterocycles. The van der Waals surface area contributed by atoms with Crippen LogP contribution in [0.4, 0.5) is 0 Å². The number of carbonyl (C=O) groups excluding carboxylic acids is 2. The Morgan fingerprint density at radius 1 is 1.07 bits per heavy atom. The predicted octanol–water partition coefficient (Wildman–Crippen LogP) is 4.14. The van der Waals surface area contributed by atoms with Crippen LogP contribution in [0.25, 0.3) is 6.08 Å². The molecule has 3 aromatic rings. The molecule has 6 nitrogen and oxygen atoms in total. The van der Waals surface area contributed by atoms with Crippen LogP contribution >= 0.6 is 27.3 Å². The zero-order chi connectivity index (χ0) is 20.6. The molecule has 2 aromatic carbocycles. The predicted molar refractivity (Wildman–Crippen MR) is 118 cm³/mol. The third-order valence-electron chi connectivity index (χ3n) is 3.72. The van der Waals surface area contributed by atoms with Crippen LogP contribution in [0.1, 0.15) is 20.8 Å². The van der Waals surface area contributed by atoms with Crippen LogP contribution in [0.5, 0.6) is 5.75 Å². The highest BCUT2D eigenvalue weighted by Gasteiger charge is 2.14. The van der Waals surface area contributed by atoms with Gasteiger partial charge in [0.15, 0.2) is 0 Å². The topological polar surface area (TPSA) is 90.8 Å². The molecule has 0 spiro atoms. The number of carbonyl (C=O) groups is 2. The van der Waals surface area contributed by atoms with Crippen LogP contribution in [0.15, 0.2) is 81.3 Å². The molecule has 0 fully saturated rings. The van der Waals surface area contributed by atoms with Crippen molar-refractivity contribution in [3.8, 4) is 5.75 Å². The van der Waals surface area contributed by atoms with E-state index in [1.54, 1.807) is 48.5 Å². The number of amides is 2. The van der Waals surface area contributed by atoms with Gasteiger partial charge in [-0.25, -0.2) is 5.43 Å². The van der Waals surface area contributed by atoms with Crippen molar-refractivity contribution >= 4 is 51.4 Å². The number of hydrazone groups is 1. The fraction of sp³-hybridized carbons (Fsp3) is 0. The van der Waals surface area contributed by atoms with E-state index in [0.29, 0.717) is 11.1 Å². The molecule has 0 aliphatic carbocycles. The maximum Gasteiger partial charge on any atom is 0.287 e. The zero-order valence-electron chi connectivity index (χ0n) is 15.0. The summed E-state index contributed by atoms with van der Waals surface area (Å²) in [4.78, 5) is 25.9. The van der Waals surface area contributed by atoms with Crippen LogP contribution in [-0.4, -0.2) is 23.1 Å². The first-order valence-corrected chi connectivity index (χ1v) is 10.1. The second kappa shape index (κ2) is 9.81. The van der Waals surface area contributed by atoms with Crippen molar-refractivity contribution < 1.29 is 14.7 Å². The molecule has 0 saturated carbocycles. The van der Waals surface area contributed by atoms with E-state index in [2.05, 4.69) is 31.8 Å². The largest absolute Gasteiger partial charge is 0.507 e. The Labute approximate surface area is 179 Å². The van der Waals surface area contributed by atoms with Crippen molar-refractivity contribution in [2.45, 2.75) is 0 Å². The van der Waals surface area contributed by atoms with Gasteiger partial charge in [0.1, 0.15) is 11.4 Å². The molecular weight excluding hydrogens is 454 g/mol. The van der Waals surface area contributed by atoms with Crippen molar-refractivity contribution in [2.24, 2.45) is 5.10 Å². The molecule has 0 aliphatic heterocycles. The number of rotatable bonds is 6. The first-order chi connectivity index (χ1) is 14.0. The summed E-state index contributed by atoms with van der Waals surface area (Å²) in [6, 6.07) is 17.1. The van der Waals surface area contributed by atoms with Gasteiger partial charge in [-0.2, -0.15) is 5.10 Å². The highest BCUT2D eigenvalue weighted by atomic mass is 79.9. The van der Waals surface area contributed by atoms with E-state index in [1.807, 2.05) is 17.5 Å². The number of thiophene rings is 1. The standard InChI is InChI=1S/C21H16BrN3O3S/c22-16-8-9-19(26)15(11-16)13-23-25-21(28)18(12-17-7-4-10-29-17)24-20(27)14-5-2-1-3-6-14/h1-13,26H,(H,24,27)(H,25,28)/b18-12+,23-13+. The van der Waals surface area contributed by atoms with Gasteiger partial charge >= 0.3 is 0 Å². The molecule has 2 amide bonds. The van der Waals surface area contributed by atoms with Crippen LogP contribution in [0.3, 0.4) is 0 Å². The van der Waals surface area contributed by atoms with E-state index in [4.69, 9.17) is 0 Å². The number of phenols is 1. The molecule has 3 rings (SSSR count). The molecule has 0 unspecified atom stereocenters. The summed E-state index contributed by atoms with van der Waals surface area (Å²) >= 11 is 4.74. The smallest absolute Gasteiger partial charge is 0.287 e. The van der Waals surface area contributed by atoms with Crippen LogP contribution in [0.2, 0.25) is 0 Å². The van der Waals surface area contributed by atoms with Gasteiger partial charge in [0.05, 0.1) is 6.21 Å². The SMILES string of the molecule is O=C(N/N=C/c1cc(Br)ccc1O)/C(=C\c1cccs1)NC(=O)c1ccccc1. The Kier molecular flexibility index (Phi) is 6.94. The molecule has 146 valence electrons. The summed E-state index contributed by atoms with van der Waals surface area (Å²) in [7, 11) is 0. The van der Waals surface area contributed by atoms with Crippen molar-refractivity contribution in [3.05, 3.63) is 92.2 Å². The zero-order valence-corrected chi connectivity index (χ0v) is 17.4. The molecule has 29 heavy (non-hydrogen) atoms. The molecule has 1 aromatic heterocycles. The normalized spacial score (nSPS) is 11.4. The minimum Gasteiger partial charge on any atom is -0.507 e. The quantitative estimate of drug-likeness (QED) is 0.287. The average Bonchev–Trinajstić information content (AvgIpc) is 3.23. The second-order valence-corrected chi connectivity index (χ2v) is 7.69. The number of benzene rings is 2. The van der Waals surface area contributed by atoms with Crippen LogP contribution < -0.4 is 10.7 Å². The van der Waals surface area contributed by atoms with E-state index in [1.165, 1.54) is 23.6 Å². The lowest BCUT2D eigenvalue weighted by Crippen LogP contribution is -2.32. The lowest BCUT2D eigenvalue weighted by atomic mass is 10.2. The molecule has 3 N–H and O–H groups in total. The van der Waals surface area contributed by atoms with Crippen LogP contribution in [-0.2, 0) is 4.79 Å². The lowest BCUT2D eigenvalue weighted by Gasteiger charge is -2.08. The van der Waals surface area contributed by atoms with E-state index in [-0.39, 0.29) is 11.4 Å². The maximum atomic E-state index is 12.6. The third kappa shape index (κ3) is 5.87. The summed E-state index contributed by atoms with van der Waals surface area (Å²) in [5, 5.41) is 18.2. The number of halogens is 1. The van der Waals surface area contributed by atoms with Gasteiger partial charge in [0.2, 0.25) is 0 Å². The summed E-state index contributed by atoms with van der Waals surface area (Å²) in [6.45, 7) is 0. The average molecular weight is 470 g/mol. The fourth-order valence-corrected chi connectivity index (χ4v) is 3.34. The Balaban J connectivity index is 1.77. The van der Waals surface area contributed by atoms with E-state index in [9.17, 15) is 14.7 Å². The Morgan fingerprint density at radius 2 is 1.86 bits per heavy atom. The lowest BCUT2D eigenvalue weighted by molar-refractivity contribution is -0.117. The number of hydrogen-bond donors (Lipinski definition) is 3. The number of aromatic hydroxyl groups is 1. The number of nitrogens with zero attached hydrogens (tertiary/aromatic N) is 1. The van der Waals surface area contributed by atoms with Crippen molar-refractivity contribution in [1.29, 1.82) is 0 Å². The Morgan fingerprint density at radius 3 is 2.59 bits per heavy atom. The fourth-order valence-electron chi connectivity index (χ4n) is 2.31. The van der Waals surface area contributed by atoms with Crippen molar-refractivity contribution in [3.63, 3.8) is 0 Å². The number of nitrogens with one attached hydrogen (secondary N) is 2. The van der Waals surface area contributed by atoms with Gasteiger partial charge in [-0.3, -0.25) is 9.59 Å². The van der Waals surface area contributed by atoms with Crippen LogP contribution in [0, 0.1) is 0 Å².